The molecule has 13 nitrogen and oxygen atoms in total. The minimum absolute atomic E-state index is 0.00118. The second-order valence-corrected chi connectivity index (χ2v) is 19.9. The zero-order valence-electron chi connectivity index (χ0n) is 33.5. The third-order valence-corrected chi connectivity index (χ3v) is 17.2. The average molecular weight is 793 g/mol. The van der Waals surface area contributed by atoms with Crippen LogP contribution in [-0.2, 0) is 39.8 Å². The average Bonchev–Trinajstić information content (AvgIpc) is 3.47. The summed E-state index contributed by atoms with van der Waals surface area (Å²) < 4.78 is 32.3. The van der Waals surface area contributed by atoms with Gasteiger partial charge in [-0.3, -0.25) is 14.9 Å². The van der Waals surface area contributed by atoms with Crippen molar-refractivity contribution < 1.29 is 53.1 Å². The van der Waals surface area contributed by atoms with Crippen LogP contribution in [0.2, 0.25) is 0 Å². The highest BCUT2D eigenvalue weighted by Crippen LogP contribution is 2.82. The maximum atomic E-state index is 15.2. The van der Waals surface area contributed by atoms with E-state index in [1.54, 1.807) is 6.26 Å². The summed E-state index contributed by atoms with van der Waals surface area (Å²) in [4.78, 5) is 42.5. The molecule has 4 aliphatic carbocycles. The van der Waals surface area contributed by atoms with Gasteiger partial charge in [-0.05, 0) is 82.1 Å². The number of ketones is 1. The van der Waals surface area contributed by atoms with Crippen molar-refractivity contribution in [3.8, 4) is 0 Å². The van der Waals surface area contributed by atoms with E-state index < -0.39 is 76.5 Å². The molecule has 57 heavy (non-hydrogen) atoms. The molecule has 6 heterocycles. The Hall–Kier alpha value is -2.65. The molecular weight excluding hydrogens is 732 g/mol. The molecule has 5 aliphatic heterocycles. The Bertz CT molecular complexity index is 1820. The molecule has 10 rings (SSSR count). The molecule has 0 radical (unpaired) electrons. The number of fused-ring (bicyclic) bond motifs is 1. The van der Waals surface area contributed by atoms with Crippen LogP contribution in [-0.4, -0.2) is 101 Å². The van der Waals surface area contributed by atoms with Crippen molar-refractivity contribution in [2.75, 3.05) is 26.4 Å². The van der Waals surface area contributed by atoms with Gasteiger partial charge in [0.25, 0.3) is 0 Å². The molecule has 1 aromatic heterocycles. The van der Waals surface area contributed by atoms with Crippen LogP contribution in [0.15, 0.2) is 28.9 Å². The van der Waals surface area contributed by atoms with Gasteiger partial charge in [-0.2, -0.15) is 0 Å². The highest BCUT2D eigenvalue weighted by atomic mass is 16.7. The number of cyclic esters (lactones) is 2. The van der Waals surface area contributed by atoms with E-state index in [4.69, 9.17) is 23.4 Å². The van der Waals surface area contributed by atoms with Gasteiger partial charge in [0.1, 0.15) is 30.2 Å². The van der Waals surface area contributed by atoms with Crippen molar-refractivity contribution in [2.24, 2.45) is 51.8 Å². The fraction of sp³-hybridized carbons (Fsp3) is 0.795. The summed E-state index contributed by atoms with van der Waals surface area (Å²) in [5.41, 5.74) is -4.44. The van der Waals surface area contributed by atoms with Crippen LogP contribution in [0, 0.1) is 51.8 Å². The molecule has 9 aliphatic rings. The van der Waals surface area contributed by atoms with Gasteiger partial charge in [0.2, 0.25) is 0 Å². The number of nitrogens with one attached hydrogen (secondary N) is 2. The highest BCUT2D eigenvalue weighted by Gasteiger charge is 2.92. The molecule has 8 fully saturated rings. The van der Waals surface area contributed by atoms with Crippen LogP contribution >= 0.6 is 0 Å². The SMILES string of the molecule is CC1(C)O[C@H]2CC(=O)OC[C@@]23[C@@H]1C(=O)[C@@H](O)[C@]1(C2CCCCC2)[C@@H]3CC[C@@]2(C)[C@H](c3ccoc3C[C@H]([C@H](O)CO)[C@H]3C=C[C@H]([C@H]4CNCN4)CC3)OC(=O)[C@H]3O[C@@]312. The van der Waals surface area contributed by atoms with Gasteiger partial charge in [-0.15, -0.1) is 0 Å². The first-order valence-electron chi connectivity index (χ1n) is 21.8. The Kier molecular flexibility index (Phi) is 9.08. The number of aliphatic hydroxyl groups excluding tert-OH is 3. The highest BCUT2D eigenvalue weighted by molar-refractivity contribution is 5.92. The first kappa shape index (κ1) is 38.5. The van der Waals surface area contributed by atoms with Gasteiger partial charge in [0.15, 0.2) is 11.9 Å². The van der Waals surface area contributed by atoms with E-state index in [-0.39, 0.29) is 48.5 Å². The number of carbonyl (C=O) groups excluding carboxylic acids is 3. The van der Waals surface area contributed by atoms with Crippen LogP contribution in [0.3, 0.4) is 0 Å². The number of ether oxygens (including phenoxy) is 4. The molecule has 13 heteroatoms. The molecule has 15 atom stereocenters. The Morgan fingerprint density at radius 1 is 0.982 bits per heavy atom. The predicted molar refractivity (Wildman–Crippen MR) is 202 cm³/mol. The molecule has 0 amide bonds. The smallest absolute Gasteiger partial charge is 0.339 e. The molecule has 0 unspecified atom stereocenters. The molecule has 5 N–H and O–H groups in total. The number of carbonyl (C=O) groups is 3. The number of allylic oxidation sites excluding steroid dienone is 1. The van der Waals surface area contributed by atoms with Crippen molar-refractivity contribution in [3.05, 3.63) is 35.8 Å². The summed E-state index contributed by atoms with van der Waals surface area (Å²) in [5.74, 6) is -1.73. The quantitative estimate of drug-likeness (QED) is 0.147. The third-order valence-electron chi connectivity index (χ3n) is 17.2. The van der Waals surface area contributed by atoms with Crippen LogP contribution in [0.5, 0.6) is 0 Å². The Morgan fingerprint density at radius 3 is 2.51 bits per heavy atom. The van der Waals surface area contributed by atoms with Crippen molar-refractivity contribution >= 4 is 17.7 Å². The van der Waals surface area contributed by atoms with Crippen LogP contribution in [0.1, 0.15) is 102 Å². The van der Waals surface area contributed by atoms with Gasteiger partial charge in [-0.1, -0.05) is 38.3 Å². The lowest BCUT2D eigenvalue weighted by Gasteiger charge is -2.70. The zero-order chi connectivity index (χ0) is 39.7. The molecule has 2 spiro atoms. The van der Waals surface area contributed by atoms with E-state index in [1.165, 1.54) is 0 Å². The van der Waals surface area contributed by atoms with Gasteiger partial charge in [0.05, 0.1) is 43.0 Å². The summed E-state index contributed by atoms with van der Waals surface area (Å²) in [6.07, 6.45) is 9.03. The minimum Gasteiger partial charge on any atom is -0.469 e. The molecule has 312 valence electrons. The van der Waals surface area contributed by atoms with Crippen molar-refractivity contribution in [3.63, 3.8) is 0 Å². The van der Waals surface area contributed by atoms with Gasteiger partial charge in [0, 0.05) is 53.4 Å². The lowest BCUT2D eigenvalue weighted by molar-refractivity contribution is -0.275. The Morgan fingerprint density at radius 2 is 1.79 bits per heavy atom. The fourth-order valence-electron chi connectivity index (χ4n) is 15.1. The van der Waals surface area contributed by atoms with E-state index in [1.807, 2.05) is 19.9 Å². The summed E-state index contributed by atoms with van der Waals surface area (Å²) in [5, 5.41) is 41.5. The number of Topliss-reactive ketones (excluding diaryl/α,β-unsaturated/α-hetero) is 1. The molecular formula is C44H60N2O11. The number of aliphatic hydroxyl groups is 3. The van der Waals surface area contributed by atoms with E-state index in [0.29, 0.717) is 42.5 Å². The van der Waals surface area contributed by atoms with Gasteiger partial charge >= 0.3 is 11.9 Å². The molecule has 3 saturated carbocycles. The molecule has 5 saturated heterocycles. The van der Waals surface area contributed by atoms with E-state index in [0.717, 1.165) is 58.2 Å². The standard InChI is InChI=1S/C44H60N2O11/c1-40(2)35-34(50)36(51)43(25-7-5-4-6-8-25)31(42(35)21-54-33(49)18-32(42)56-40)13-15-41(3)37(55-39(52)38-44(41,43)57-38)26-14-16-53-30(26)17-27(29(48)20-47)23-9-11-24(12-10-23)28-19-45-22-46-28/h9,11,14,16,23-25,27-29,31-32,35-38,45-48,51H,4-8,10,12-13,15,17-22H2,1-3H3/t23-,24-,27-,28+,29+,31+,32-,35+,36+,37-,38+,41-,42-,43-,44+/m0/s1. The van der Waals surface area contributed by atoms with Crippen LogP contribution in [0.4, 0.5) is 0 Å². The van der Waals surface area contributed by atoms with Crippen LogP contribution < -0.4 is 10.6 Å². The predicted octanol–water partition coefficient (Wildman–Crippen LogP) is 3.28. The molecule has 1 aromatic rings. The monoisotopic (exact) mass is 792 g/mol. The second-order valence-electron chi connectivity index (χ2n) is 19.9. The first-order valence-corrected chi connectivity index (χ1v) is 21.8. The van der Waals surface area contributed by atoms with E-state index >= 15 is 4.79 Å². The van der Waals surface area contributed by atoms with Crippen molar-refractivity contribution in [1.29, 1.82) is 0 Å². The van der Waals surface area contributed by atoms with Crippen LogP contribution in [0.25, 0.3) is 0 Å². The lowest BCUT2D eigenvalue weighted by atomic mass is 9.33. The zero-order valence-corrected chi connectivity index (χ0v) is 33.5. The Balaban J connectivity index is 1.06. The topological polar surface area (TPSA) is 189 Å². The largest absolute Gasteiger partial charge is 0.469 e. The molecule has 0 bridgehead atoms. The summed E-state index contributed by atoms with van der Waals surface area (Å²) >= 11 is 0. The lowest BCUT2D eigenvalue weighted by Crippen LogP contribution is -2.79. The number of hydrogen-bond donors (Lipinski definition) is 5. The number of epoxide rings is 1. The van der Waals surface area contributed by atoms with Gasteiger partial charge in [-0.25, -0.2) is 4.79 Å². The number of hydrogen-bond acceptors (Lipinski definition) is 13. The first-order chi connectivity index (χ1) is 27.3. The maximum absolute atomic E-state index is 15.2. The summed E-state index contributed by atoms with van der Waals surface area (Å²) in [6, 6.07) is 2.22. The molecule has 0 aromatic carbocycles. The fourth-order valence-corrected chi connectivity index (χ4v) is 15.1. The van der Waals surface area contributed by atoms with E-state index in [9.17, 15) is 24.9 Å². The third kappa shape index (κ3) is 5.08. The minimum atomic E-state index is -1.43. The van der Waals surface area contributed by atoms with Crippen molar-refractivity contribution in [1.82, 2.24) is 10.6 Å². The number of rotatable bonds is 8. The number of esters is 2. The summed E-state index contributed by atoms with van der Waals surface area (Å²) in [7, 11) is 0. The number of furan rings is 1. The van der Waals surface area contributed by atoms with E-state index in [2.05, 4.69) is 29.7 Å². The normalized spacial score (nSPS) is 47.1. The Labute approximate surface area is 334 Å². The summed E-state index contributed by atoms with van der Waals surface area (Å²) in [6.45, 7) is 7.23. The maximum Gasteiger partial charge on any atom is 0.339 e. The second kappa shape index (κ2) is 13.4. The van der Waals surface area contributed by atoms with Gasteiger partial charge < -0.3 is 44.0 Å². The van der Waals surface area contributed by atoms with Crippen molar-refractivity contribution in [2.45, 2.75) is 139 Å².